The Morgan fingerprint density at radius 1 is 1.43 bits per heavy atom. The van der Waals surface area contributed by atoms with Gasteiger partial charge in [-0.3, -0.25) is 9.59 Å². The summed E-state index contributed by atoms with van der Waals surface area (Å²) in [5, 5.41) is 21.0. The number of H-pyrrole nitrogens is 1. The van der Waals surface area contributed by atoms with Crippen LogP contribution in [0.3, 0.4) is 0 Å². The molecule has 0 spiro atoms. The van der Waals surface area contributed by atoms with Gasteiger partial charge < -0.3 is 20.5 Å². The average molecular weight is 295 g/mol. The molecule has 7 nitrogen and oxygen atoms in total. The van der Waals surface area contributed by atoms with Crippen LogP contribution in [0.15, 0.2) is 24.9 Å². The fraction of sp³-hybridized carbons (Fsp3) is 0.500. The highest BCUT2D eigenvalue weighted by Crippen LogP contribution is 2.25. The third kappa shape index (κ3) is 6.11. The fourth-order valence-electron chi connectivity index (χ4n) is 2.02. The molecule has 1 unspecified atom stereocenters. The Kier molecular flexibility index (Phi) is 5.52. The van der Waals surface area contributed by atoms with Gasteiger partial charge in [0.05, 0.1) is 24.5 Å². The number of nitrogens with one attached hydrogen (secondary N) is 2. The van der Waals surface area contributed by atoms with Gasteiger partial charge in [-0.25, -0.2) is 4.98 Å². The molecule has 0 aromatic carbocycles. The first-order chi connectivity index (χ1) is 9.69. The lowest BCUT2D eigenvalue weighted by Gasteiger charge is -2.23. The van der Waals surface area contributed by atoms with Crippen molar-refractivity contribution < 1.29 is 19.8 Å². The number of carboxylic acids is 1. The van der Waals surface area contributed by atoms with E-state index < -0.39 is 17.4 Å². The number of nitrogens with zero attached hydrogens (tertiary/aromatic N) is 1. The number of aliphatic carboxylic acids is 1. The van der Waals surface area contributed by atoms with E-state index >= 15 is 0 Å². The molecule has 4 N–H and O–H groups in total. The third-order valence-electron chi connectivity index (χ3n) is 2.97. The number of aromatic nitrogens is 2. The van der Waals surface area contributed by atoms with Gasteiger partial charge in [0.25, 0.3) is 0 Å². The van der Waals surface area contributed by atoms with Crippen molar-refractivity contribution in [1.82, 2.24) is 15.3 Å². The van der Waals surface area contributed by atoms with Crippen LogP contribution in [0.25, 0.3) is 0 Å². The SMILES string of the molecule is C=C(O)C(Cc1c[nH]cn1)NC(=O)CC(C)(C)CC(=O)O. The molecular weight excluding hydrogens is 274 g/mol. The molecule has 1 rings (SSSR count). The van der Waals surface area contributed by atoms with Crippen LogP contribution in [0.4, 0.5) is 0 Å². The molecule has 0 fully saturated rings. The lowest BCUT2D eigenvalue weighted by Crippen LogP contribution is -2.40. The van der Waals surface area contributed by atoms with Gasteiger partial charge in [-0.15, -0.1) is 0 Å². The summed E-state index contributed by atoms with van der Waals surface area (Å²) >= 11 is 0. The molecule has 21 heavy (non-hydrogen) atoms. The molecular formula is C14H21N3O4. The van der Waals surface area contributed by atoms with E-state index in [1.807, 2.05) is 0 Å². The molecule has 1 heterocycles. The van der Waals surface area contributed by atoms with E-state index in [2.05, 4.69) is 21.9 Å². The van der Waals surface area contributed by atoms with E-state index in [0.29, 0.717) is 12.1 Å². The first-order valence-electron chi connectivity index (χ1n) is 6.56. The largest absolute Gasteiger partial charge is 0.511 e. The Morgan fingerprint density at radius 2 is 2.10 bits per heavy atom. The zero-order chi connectivity index (χ0) is 16.0. The van der Waals surface area contributed by atoms with Crippen molar-refractivity contribution in [2.24, 2.45) is 5.41 Å². The zero-order valence-corrected chi connectivity index (χ0v) is 12.2. The minimum absolute atomic E-state index is 0.0453. The monoisotopic (exact) mass is 295 g/mol. The van der Waals surface area contributed by atoms with Gasteiger partial charge in [-0.2, -0.15) is 0 Å². The van der Waals surface area contributed by atoms with Crippen molar-refractivity contribution in [2.45, 2.75) is 39.2 Å². The Hall–Kier alpha value is -2.31. The summed E-state index contributed by atoms with van der Waals surface area (Å²) in [6.07, 6.45) is 3.42. The molecule has 0 aliphatic carbocycles. The first kappa shape index (κ1) is 16.7. The number of carboxylic acid groups (broad SMARTS) is 1. The molecule has 0 aliphatic heterocycles. The molecule has 1 amide bonds. The number of carbonyl (C=O) groups is 2. The van der Waals surface area contributed by atoms with Gasteiger partial charge in [-0.05, 0) is 5.41 Å². The van der Waals surface area contributed by atoms with Gasteiger partial charge in [-0.1, -0.05) is 20.4 Å². The second-order valence-corrected chi connectivity index (χ2v) is 5.79. The molecule has 0 aliphatic rings. The highest BCUT2D eigenvalue weighted by Gasteiger charge is 2.27. The third-order valence-corrected chi connectivity index (χ3v) is 2.97. The van der Waals surface area contributed by atoms with E-state index in [0.717, 1.165) is 0 Å². The second kappa shape index (κ2) is 6.92. The number of amides is 1. The quantitative estimate of drug-likeness (QED) is 0.541. The number of imidazole rings is 1. The van der Waals surface area contributed by atoms with E-state index in [-0.39, 0.29) is 24.5 Å². The predicted octanol–water partition coefficient (Wildman–Crippen LogP) is 1.40. The summed E-state index contributed by atoms with van der Waals surface area (Å²) < 4.78 is 0. The molecule has 0 saturated carbocycles. The van der Waals surface area contributed by atoms with Crippen LogP contribution in [0.1, 0.15) is 32.4 Å². The molecule has 0 saturated heterocycles. The average Bonchev–Trinajstić information content (AvgIpc) is 2.77. The Bertz CT molecular complexity index is 508. The normalized spacial score (nSPS) is 12.7. The number of rotatable bonds is 8. The Morgan fingerprint density at radius 3 is 2.57 bits per heavy atom. The van der Waals surface area contributed by atoms with Crippen LogP contribution >= 0.6 is 0 Å². The fourth-order valence-corrected chi connectivity index (χ4v) is 2.02. The van der Waals surface area contributed by atoms with Crippen molar-refractivity contribution >= 4 is 11.9 Å². The van der Waals surface area contributed by atoms with Crippen LogP contribution in [0.5, 0.6) is 0 Å². The van der Waals surface area contributed by atoms with E-state index in [1.165, 1.54) is 6.33 Å². The van der Waals surface area contributed by atoms with Gasteiger partial charge in [0.2, 0.25) is 5.91 Å². The highest BCUT2D eigenvalue weighted by molar-refractivity contribution is 5.78. The van der Waals surface area contributed by atoms with Crippen LogP contribution < -0.4 is 5.32 Å². The molecule has 1 aromatic rings. The van der Waals surface area contributed by atoms with Gasteiger partial charge in [0.1, 0.15) is 5.76 Å². The minimum Gasteiger partial charge on any atom is -0.511 e. The van der Waals surface area contributed by atoms with Crippen molar-refractivity contribution in [3.8, 4) is 0 Å². The van der Waals surface area contributed by atoms with Crippen molar-refractivity contribution in [3.63, 3.8) is 0 Å². The molecule has 116 valence electrons. The summed E-state index contributed by atoms with van der Waals surface area (Å²) in [4.78, 5) is 29.5. The maximum Gasteiger partial charge on any atom is 0.303 e. The smallest absolute Gasteiger partial charge is 0.303 e. The summed E-state index contributed by atoms with van der Waals surface area (Å²) in [5.41, 5.74) is 0.0177. The molecule has 0 radical (unpaired) electrons. The van der Waals surface area contributed by atoms with Crippen LogP contribution in [-0.2, 0) is 16.0 Å². The van der Waals surface area contributed by atoms with Gasteiger partial charge >= 0.3 is 5.97 Å². The molecule has 0 bridgehead atoms. The summed E-state index contributed by atoms with van der Waals surface area (Å²) in [6, 6.07) is -0.651. The van der Waals surface area contributed by atoms with Gasteiger partial charge in [0, 0.05) is 19.0 Å². The summed E-state index contributed by atoms with van der Waals surface area (Å²) in [6.45, 7) is 6.85. The van der Waals surface area contributed by atoms with Crippen LogP contribution in [0.2, 0.25) is 0 Å². The number of aliphatic hydroxyl groups is 1. The highest BCUT2D eigenvalue weighted by atomic mass is 16.4. The van der Waals surface area contributed by atoms with Crippen LogP contribution in [-0.4, -0.2) is 38.1 Å². The number of aromatic amines is 1. The maximum absolute atomic E-state index is 12.0. The van der Waals surface area contributed by atoms with Crippen molar-refractivity contribution in [1.29, 1.82) is 0 Å². The second-order valence-electron chi connectivity index (χ2n) is 5.79. The number of hydrogen-bond acceptors (Lipinski definition) is 4. The van der Waals surface area contributed by atoms with E-state index in [9.17, 15) is 14.7 Å². The maximum atomic E-state index is 12.0. The standard InChI is InChI=1S/C14H21N3O4/c1-9(18)11(4-10-7-15-8-16-10)17-12(19)5-14(2,3)6-13(20)21/h7-8,11,18H,1,4-6H2,2-3H3,(H,15,16)(H,17,19)(H,20,21). The topological polar surface area (TPSA) is 115 Å². The lowest BCUT2D eigenvalue weighted by molar-refractivity contribution is -0.139. The van der Waals surface area contributed by atoms with Crippen molar-refractivity contribution in [3.05, 3.63) is 30.6 Å². The zero-order valence-electron chi connectivity index (χ0n) is 12.2. The van der Waals surface area contributed by atoms with E-state index in [4.69, 9.17) is 5.11 Å². The number of carbonyl (C=O) groups excluding carboxylic acids is 1. The number of aliphatic hydroxyl groups excluding tert-OH is 1. The van der Waals surface area contributed by atoms with Crippen molar-refractivity contribution in [2.75, 3.05) is 0 Å². The van der Waals surface area contributed by atoms with Crippen LogP contribution in [0, 0.1) is 5.41 Å². The summed E-state index contributed by atoms with van der Waals surface area (Å²) in [5.74, 6) is -1.45. The molecule has 7 heteroatoms. The Balaban J connectivity index is 2.60. The Labute approximate surface area is 123 Å². The lowest BCUT2D eigenvalue weighted by atomic mass is 9.85. The van der Waals surface area contributed by atoms with Gasteiger partial charge in [0.15, 0.2) is 0 Å². The molecule has 1 aromatic heterocycles. The number of hydrogen-bond donors (Lipinski definition) is 4. The molecule has 1 atom stereocenters. The predicted molar refractivity (Wildman–Crippen MR) is 76.6 cm³/mol. The summed E-state index contributed by atoms with van der Waals surface area (Å²) in [7, 11) is 0. The minimum atomic E-state index is -0.951. The first-order valence-corrected chi connectivity index (χ1v) is 6.56. The van der Waals surface area contributed by atoms with E-state index in [1.54, 1.807) is 20.0 Å².